The first kappa shape index (κ1) is 14.3. The van der Waals surface area contributed by atoms with Gasteiger partial charge in [-0.05, 0) is 24.6 Å². The maximum atomic E-state index is 4.35. The van der Waals surface area contributed by atoms with Gasteiger partial charge in [-0.3, -0.25) is 9.91 Å². The van der Waals surface area contributed by atoms with Crippen molar-refractivity contribution in [3.8, 4) is 10.4 Å². The van der Waals surface area contributed by atoms with Crippen LogP contribution in [-0.4, -0.2) is 42.3 Å². The molecule has 0 aliphatic carbocycles. The second-order valence-corrected chi connectivity index (χ2v) is 6.40. The summed E-state index contributed by atoms with van der Waals surface area (Å²) in [7, 11) is 0. The number of hydrogen-bond donors (Lipinski definition) is 0. The topological polar surface area (TPSA) is 18.8 Å². The Morgan fingerprint density at radius 1 is 1.05 bits per heavy atom. The fourth-order valence-corrected chi connectivity index (χ4v) is 3.67. The summed E-state index contributed by atoms with van der Waals surface area (Å²) in [5.41, 5.74) is 1.32. The van der Waals surface area contributed by atoms with Gasteiger partial charge in [0.2, 0.25) is 0 Å². The van der Waals surface area contributed by atoms with Crippen LogP contribution in [0.1, 0.15) is 11.8 Å². The van der Waals surface area contributed by atoms with Gasteiger partial charge in [-0.1, -0.05) is 30.3 Å². The number of rotatable bonds is 4. The maximum Gasteiger partial charge on any atom is 0.0488 e. The molecule has 1 fully saturated rings. The van der Waals surface area contributed by atoms with Gasteiger partial charge < -0.3 is 0 Å². The summed E-state index contributed by atoms with van der Waals surface area (Å²) in [5, 5.41) is 6.51. The first-order chi connectivity index (χ1) is 10.3. The van der Waals surface area contributed by atoms with Crippen molar-refractivity contribution in [2.24, 2.45) is 5.10 Å². The first-order valence-electron chi connectivity index (χ1n) is 7.45. The highest BCUT2D eigenvalue weighted by Crippen LogP contribution is 2.28. The molecular formula is C17H21N3S. The first-order valence-corrected chi connectivity index (χ1v) is 8.27. The fourth-order valence-electron chi connectivity index (χ4n) is 2.62. The molecule has 0 N–H and O–H groups in total. The molecule has 1 aliphatic rings. The SMILES string of the molecule is C/C=N\N1CCN(Cc2ccc(-c3ccccc3)s2)CC1. The molecule has 2 heterocycles. The van der Waals surface area contributed by atoms with E-state index < -0.39 is 0 Å². The summed E-state index contributed by atoms with van der Waals surface area (Å²) in [6, 6.07) is 15.1. The van der Waals surface area contributed by atoms with Crippen molar-refractivity contribution in [3.63, 3.8) is 0 Å². The molecule has 21 heavy (non-hydrogen) atoms. The Balaban J connectivity index is 1.58. The predicted octanol–water partition coefficient (Wildman–Crippen LogP) is 3.54. The van der Waals surface area contributed by atoms with E-state index in [0.29, 0.717) is 0 Å². The van der Waals surface area contributed by atoms with Crippen LogP contribution in [0, 0.1) is 0 Å². The third-order valence-corrected chi connectivity index (χ3v) is 4.85. The zero-order chi connectivity index (χ0) is 14.5. The van der Waals surface area contributed by atoms with Crippen molar-refractivity contribution < 1.29 is 0 Å². The zero-order valence-corrected chi connectivity index (χ0v) is 13.2. The van der Waals surface area contributed by atoms with Crippen molar-refractivity contribution in [1.82, 2.24) is 9.91 Å². The van der Waals surface area contributed by atoms with E-state index in [1.54, 1.807) is 0 Å². The Hall–Kier alpha value is -1.65. The lowest BCUT2D eigenvalue weighted by Crippen LogP contribution is -2.43. The lowest BCUT2D eigenvalue weighted by Gasteiger charge is -2.32. The molecule has 0 spiro atoms. The second-order valence-electron chi connectivity index (χ2n) is 5.24. The molecule has 2 aromatic rings. The third kappa shape index (κ3) is 3.71. The molecule has 0 amide bonds. The highest BCUT2D eigenvalue weighted by molar-refractivity contribution is 7.15. The molecule has 1 saturated heterocycles. The van der Waals surface area contributed by atoms with Gasteiger partial charge in [0, 0.05) is 48.7 Å². The minimum absolute atomic E-state index is 1.03. The molecule has 3 nitrogen and oxygen atoms in total. The van der Waals surface area contributed by atoms with Crippen LogP contribution in [0.2, 0.25) is 0 Å². The van der Waals surface area contributed by atoms with E-state index in [2.05, 4.69) is 57.5 Å². The van der Waals surface area contributed by atoms with Crippen molar-refractivity contribution in [3.05, 3.63) is 47.3 Å². The summed E-state index contributed by atoms with van der Waals surface area (Å²) >= 11 is 1.91. The lowest BCUT2D eigenvalue weighted by molar-refractivity contribution is 0.132. The minimum atomic E-state index is 1.03. The third-order valence-electron chi connectivity index (χ3n) is 3.73. The maximum absolute atomic E-state index is 4.35. The van der Waals surface area contributed by atoms with Gasteiger partial charge in [0.05, 0.1) is 0 Å². The Kier molecular flexibility index (Phi) is 4.68. The van der Waals surface area contributed by atoms with E-state index in [-0.39, 0.29) is 0 Å². The van der Waals surface area contributed by atoms with Crippen LogP contribution in [0.3, 0.4) is 0 Å². The fraction of sp³-hybridized carbons (Fsp3) is 0.353. The van der Waals surface area contributed by atoms with Gasteiger partial charge in [-0.2, -0.15) is 5.10 Å². The van der Waals surface area contributed by atoms with Crippen LogP contribution in [-0.2, 0) is 6.54 Å². The van der Waals surface area contributed by atoms with E-state index in [9.17, 15) is 0 Å². The van der Waals surface area contributed by atoms with Crippen LogP contribution < -0.4 is 0 Å². The van der Waals surface area contributed by atoms with Crippen molar-refractivity contribution in [2.75, 3.05) is 26.2 Å². The summed E-state index contributed by atoms with van der Waals surface area (Å²) in [4.78, 5) is 5.32. The molecular weight excluding hydrogens is 278 g/mol. The summed E-state index contributed by atoms with van der Waals surface area (Å²) in [5.74, 6) is 0. The van der Waals surface area contributed by atoms with E-state index in [0.717, 1.165) is 32.7 Å². The quantitative estimate of drug-likeness (QED) is 0.804. The summed E-state index contributed by atoms with van der Waals surface area (Å²) < 4.78 is 0. The van der Waals surface area contributed by atoms with Crippen LogP contribution in [0.4, 0.5) is 0 Å². The molecule has 3 rings (SSSR count). The zero-order valence-electron chi connectivity index (χ0n) is 12.4. The molecule has 0 radical (unpaired) electrons. The van der Waals surface area contributed by atoms with Crippen molar-refractivity contribution >= 4 is 17.6 Å². The highest BCUT2D eigenvalue weighted by Gasteiger charge is 2.16. The Morgan fingerprint density at radius 2 is 1.81 bits per heavy atom. The van der Waals surface area contributed by atoms with Crippen molar-refractivity contribution in [1.29, 1.82) is 0 Å². The van der Waals surface area contributed by atoms with Crippen molar-refractivity contribution in [2.45, 2.75) is 13.5 Å². The Bertz CT molecular complexity index is 583. The molecule has 1 aliphatic heterocycles. The molecule has 4 heteroatoms. The van der Waals surface area contributed by atoms with E-state index in [1.165, 1.54) is 15.3 Å². The molecule has 1 aromatic carbocycles. The van der Waals surface area contributed by atoms with Gasteiger partial charge in [0.25, 0.3) is 0 Å². The monoisotopic (exact) mass is 299 g/mol. The van der Waals surface area contributed by atoms with Crippen LogP contribution >= 0.6 is 11.3 Å². The standard InChI is InChI=1S/C17H21N3S/c1-2-18-20-12-10-19(11-13-20)14-16-8-9-17(21-16)15-6-4-3-5-7-15/h2-9H,10-14H2,1H3/b18-2-. The molecule has 0 saturated carbocycles. The Labute approximate surface area is 130 Å². The highest BCUT2D eigenvalue weighted by atomic mass is 32.1. The summed E-state index contributed by atoms with van der Waals surface area (Å²) in [6.45, 7) is 7.28. The molecule has 1 aromatic heterocycles. The average molecular weight is 299 g/mol. The van der Waals surface area contributed by atoms with E-state index in [4.69, 9.17) is 0 Å². The number of nitrogens with zero attached hydrogens (tertiary/aromatic N) is 3. The van der Waals surface area contributed by atoms with Crippen LogP contribution in [0.15, 0.2) is 47.6 Å². The number of hydrazone groups is 1. The van der Waals surface area contributed by atoms with Gasteiger partial charge >= 0.3 is 0 Å². The predicted molar refractivity (Wildman–Crippen MR) is 90.8 cm³/mol. The average Bonchev–Trinajstić information content (AvgIpc) is 2.99. The number of benzene rings is 1. The van der Waals surface area contributed by atoms with Crippen LogP contribution in [0.25, 0.3) is 10.4 Å². The normalized spacial score (nSPS) is 16.7. The van der Waals surface area contributed by atoms with E-state index in [1.807, 2.05) is 24.5 Å². The van der Waals surface area contributed by atoms with Gasteiger partial charge in [0.1, 0.15) is 0 Å². The smallest absolute Gasteiger partial charge is 0.0488 e. The van der Waals surface area contributed by atoms with Gasteiger partial charge in [0.15, 0.2) is 0 Å². The molecule has 0 atom stereocenters. The summed E-state index contributed by atoms with van der Waals surface area (Å²) in [6.07, 6.45) is 1.88. The second kappa shape index (κ2) is 6.87. The largest absolute Gasteiger partial charge is 0.295 e. The number of hydrogen-bond acceptors (Lipinski definition) is 4. The molecule has 110 valence electrons. The Morgan fingerprint density at radius 3 is 2.52 bits per heavy atom. The minimum Gasteiger partial charge on any atom is -0.295 e. The van der Waals surface area contributed by atoms with Gasteiger partial charge in [-0.25, -0.2) is 0 Å². The number of thiophene rings is 1. The van der Waals surface area contributed by atoms with Gasteiger partial charge in [-0.15, -0.1) is 11.3 Å². The molecule has 0 unspecified atom stereocenters. The molecule has 0 bridgehead atoms. The van der Waals surface area contributed by atoms with Crippen LogP contribution in [0.5, 0.6) is 0 Å². The van der Waals surface area contributed by atoms with E-state index >= 15 is 0 Å². The lowest BCUT2D eigenvalue weighted by atomic mass is 10.2. The number of piperazine rings is 1.